The second-order valence-electron chi connectivity index (χ2n) is 7.15. The Morgan fingerprint density at radius 3 is 2.26 bits per heavy atom. The number of carbonyl (C=O) groups excluding carboxylic acids is 2. The number of ether oxygens (including phenoxy) is 2. The number of halogens is 3. The van der Waals surface area contributed by atoms with Crippen LogP contribution in [0.3, 0.4) is 0 Å². The molecule has 0 unspecified atom stereocenters. The van der Waals surface area contributed by atoms with Gasteiger partial charge in [-0.25, -0.2) is 0 Å². The average Bonchev–Trinajstić information content (AvgIpc) is 3.35. The fourth-order valence-electron chi connectivity index (χ4n) is 3.12. The van der Waals surface area contributed by atoms with E-state index < -0.39 is 30.1 Å². The van der Waals surface area contributed by atoms with Crippen LogP contribution in [0.1, 0.15) is 29.8 Å². The maximum absolute atomic E-state index is 13.6. The van der Waals surface area contributed by atoms with E-state index in [0.717, 1.165) is 12.1 Å². The van der Waals surface area contributed by atoms with Crippen molar-refractivity contribution in [3.63, 3.8) is 0 Å². The Bertz CT molecular complexity index is 1160. The summed E-state index contributed by atoms with van der Waals surface area (Å²) in [7, 11) is 0. The predicted molar refractivity (Wildman–Crippen MR) is 124 cm³/mol. The average molecular weight is 491 g/mol. The second-order valence-corrected chi connectivity index (χ2v) is 7.15. The first-order valence-electron chi connectivity index (χ1n) is 10.7. The van der Waals surface area contributed by atoms with Crippen LogP contribution in [-0.2, 0) is 11.0 Å². The Kier molecular flexibility index (Phi) is 8.24. The molecule has 3 rings (SSSR count). The van der Waals surface area contributed by atoms with E-state index in [0.29, 0.717) is 30.4 Å². The fourth-order valence-corrected chi connectivity index (χ4v) is 3.12. The number of anilines is 3. The predicted octanol–water partition coefficient (Wildman–Crippen LogP) is 5.40. The monoisotopic (exact) mass is 491 g/mol. The molecule has 3 N–H and O–H groups in total. The molecule has 0 fully saturated rings. The van der Waals surface area contributed by atoms with E-state index in [1.807, 2.05) is 6.92 Å². The molecule has 0 radical (unpaired) electrons. The number of carbonyl (C=O) groups is 2. The Balaban J connectivity index is 1.68. The van der Waals surface area contributed by atoms with Gasteiger partial charge >= 0.3 is 6.18 Å². The van der Waals surface area contributed by atoms with Crippen LogP contribution in [0.15, 0.2) is 59.4 Å². The lowest BCUT2D eigenvalue weighted by Gasteiger charge is -2.17. The number of nitrogens with one attached hydrogen (secondary N) is 3. The van der Waals surface area contributed by atoms with Crippen LogP contribution in [-0.4, -0.2) is 31.6 Å². The molecule has 1 aromatic heterocycles. The minimum Gasteiger partial charge on any atom is -0.490 e. The van der Waals surface area contributed by atoms with Crippen molar-refractivity contribution >= 4 is 28.9 Å². The number of amides is 2. The van der Waals surface area contributed by atoms with Crippen molar-refractivity contribution in [3.05, 3.63) is 66.1 Å². The molecule has 0 saturated heterocycles. The number of furan rings is 1. The number of benzene rings is 2. The first-order valence-corrected chi connectivity index (χ1v) is 10.7. The largest absolute Gasteiger partial charge is 0.490 e. The van der Waals surface area contributed by atoms with Crippen LogP contribution in [0.4, 0.5) is 30.2 Å². The summed E-state index contributed by atoms with van der Waals surface area (Å²) in [4.78, 5) is 24.5. The lowest BCUT2D eigenvalue weighted by molar-refractivity contribution is -0.137. The van der Waals surface area contributed by atoms with Crippen LogP contribution in [0.5, 0.6) is 11.5 Å². The van der Waals surface area contributed by atoms with Crippen LogP contribution < -0.4 is 25.4 Å². The molecule has 0 aliphatic rings. The van der Waals surface area contributed by atoms with Crippen molar-refractivity contribution in [1.82, 2.24) is 0 Å². The van der Waals surface area contributed by atoms with Gasteiger partial charge < -0.3 is 29.8 Å². The molecule has 0 saturated carbocycles. The van der Waals surface area contributed by atoms with E-state index in [9.17, 15) is 22.8 Å². The van der Waals surface area contributed by atoms with Gasteiger partial charge in [-0.15, -0.1) is 0 Å². The molecule has 3 aromatic rings. The SMILES string of the molecule is CCOc1ccc(NC(=O)CNc2ccc(NC(=O)c3ccoc3)cc2C(F)(F)F)cc1OCC. The van der Waals surface area contributed by atoms with E-state index in [2.05, 4.69) is 16.0 Å². The highest BCUT2D eigenvalue weighted by molar-refractivity contribution is 6.04. The number of hydrogen-bond acceptors (Lipinski definition) is 6. The minimum absolute atomic E-state index is 0.0589. The summed E-state index contributed by atoms with van der Waals surface area (Å²) < 4.78 is 56.7. The van der Waals surface area contributed by atoms with Gasteiger partial charge in [-0.1, -0.05) is 0 Å². The summed E-state index contributed by atoms with van der Waals surface area (Å²) >= 11 is 0. The zero-order valence-electron chi connectivity index (χ0n) is 19.0. The Morgan fingerprint density at radius 2 is 1.60 bits per heavy atom. The van der Waals surface area contributed by atoms with Crippen LogP contribution in [0.25, 0.3) is 0 Å². The van der Waals surface area contributed by atoms with Gasteiger partial charge in [0.2, 0.25) is 5.91 Å². The molecule has 1 heterocycles. The van der Waals surface area contributed by atoms with E-state index in [1.165, 1.54) is 24.7 Å². The molecule has 0 aliphatic carbocycles. The minimum atomic E-state index is -4.73. The Morgan fingerprint density at radius 1 is 0.914 bits per heavy atom. The van der Waals surface area contributed by atoms with Gasteiger partial charge in [-0.05, 0) is 50.2 Å². The standard InChI is InChI=1S/C24H24F3N3O5/c1-3-34-20-8-6-17(12-21(20)35-4-2)29-22(31)13-28-19-7-5-16(11-18(19)24(25,26)27)30-23(32)15-9-10-33-14-15/h5-12,14,28H,3-4,13H2,1-2H3,(H,29,31)(H,30,32). The van der Waals surface area contributed by atoms with Gasteiger partial charge in [-0.2, -0.15) is 13.2 Å². The van der Waals surface area contributed by atoms with Gasteiger partial charge in [0.05, 0.1) is 37.1 Å². The van der Waals surface area contributed by atoms with E-state index in [4.69, 9.17) is 13.9 Å². The molecule has 0 atom stereocenters. The van der Waals surface area contributed by atoms with Gasteiger partial charge in [0.25, 0.3) is 5.91 Å². The number of alkyl halides is 3. The maximum atomic E-state index is 13.6. The molecule has 8 nitrogen and oxygen atoms in total. The maximum Gasteiger partial charge on any atom is 0.418 e. The summed E-state index contributed by atoms with van der Waals surface area (Å²) in [6.45, 7) is 4.02. The zero-order chi connectivity index (χ0) is 25.4. The number of rotatable bonds is 10. The van der Waals surface area contributed by atoms with E-state index in [-0.39, 0.29) is 16.9 Å². The van der Waals surface area contributed by atoms with Crippen molar-refractivity contribution < 1.29 is 36.7 Å². The third kappa shape index (κ3) is 6.92. The molecule has 2 amide bonds. The molecule has 11 heteroatoms. The highest BCUT2D eigenvalue weighted by Crippen LogP contribution is 2.37. The quantitative estimate of drug-likeness (QED) is 0.351. The summed E-state index contributed by atoms with van der Waals surface area (Å²) in [6.07, 6.45) is -2.27. The molecule has 0 aliphatic heterocycles. The summed E-state index contributed by atoms with van der Waals surface area (Å²) in [5, 5.41) is 7.49. The first kappa shape index (κ1) is 25.5. The molecule has 186 valence electrons. The van der Waals surface area contributed by atoms with Gasteiger partial charge in [0.1, 0.15) is 6.26 Å². The van der Waals surface area contributed by atoms with Crippen molar-refractivity contribution in [2.75, 3.05) is 35.7 Å². The normalized spacial score (nSPS) is 11.0. The Labute approximate surface area is 199 Å². The topological polar surface area (TPSA) is 102 Å². The molecular weight excluding hydrogens is 467 g/mol. The Hall–Kier alpha value is -4.15. The zero-order valence-corrected chi connectivity index (χ0v) is 19.0. The van der Waals surface area contributed by atoms with Crippen molar-refractivity contribution in [2.24, 2.45) is 0 Å². The third-order valence-electron chi connectivity index (χ3n) is 4.63. The lowest BCUT2D eigenvalue weighted by Crippen LogP contribution is -2.23. The smallest absolute Gasteiger partial charge is 0.418 e. The summed E-state index contributed by atoms with van der Waals surface area (Å²) in [6, 6.07) is 9.43. The van der Waals surface area contributed by atoms with E-state index in [1.54, 1.807) is 25.1 Å². The molecule has 0 spiro atoms. The molecule has 0 bridgehead atoms. The third-order valence-corrected chi connectivity index (χ3v) is 4.63. The van der Waals surface area contributed by atoms with Crippen molar-refractivity contribution in [3.8, 4) is 11.5 Å². The summed E-state index contributed by atoms with van der Waals surface area (Å²) in [5.41, 5.74) is -0.835. The highest BCUT2D eigenvalue weighted by atomic mass is 19.4. The lowest BCUT2D eigenvalue weighted by atomic mass is 10.1. The number of hydrogen-bond donors (Lipinski definition) is 3. The second kappa shape index (κ2) is 11.3. The molecular formula is C24H24F3N3O5. The van der Waals surface area contributed by atoms with Gasteiger partial charge in [0, 0.05) is 23.1 Å². The van der Waals surface area contributed by atoms with Gasteiger partial charge in [0.15, 0.2) is 11.5 Å². The fraction of sp³-hybridized carbons (Fsp3) is 0.250. The van der Waals surface area contributed by atoms with E-state index >= 15 is 0 Å². The molecule has 35 heavy (non-hydrogen) atoms. The van der Waals surface area contributed by atoms with Gasteiger partial charge in [-0.3, -0.25) is 9.59 Å². The van der Waals surface area contributed by atoms with Crippen molar-refractivity contribution in [2.45, 2.75) is 20.0 Å². The van der Waals surface area contributed by atoms with Crippen LogP contribution in [0, 0.1) is 0 Å². The molecule has 2 aromatic carbocycles. The van der Waals surface area contributed by atoms with Crippen molar-refractivity contribution in [1.29, 1.82) is 0 Å². The summed E-state index contributed by atoms with van der Waals surface area (Å²) in [5.74, 6) is -0.233. The highest BCUT2D eigenvalue weighted by Gasteiger charge is 2.34. The van der Waals surface area contributed by atoms with Crippen LogP contribution >= 0.6 is 0 Å². The van der Waals surface area contributed by atoms with Crippen LogP contribution in [0.2, 0.25) is 0 Å². The first-order chi connectivity index (χ1) is 16.7.